The molecule has 0 rings (SSSR count). The van der Waals surface area contributed by atoms with Gasteiger partial charge in [-0.3, -0.25) is 0 Å². The summed E-state index contributed by atoms with van der Waals surface area (Å²) in [6.07, 6.45) is 3.91. The SMILES string of the molecule is CC(Br)CCCC(Br)C(C)C. The normalized spacial score (nSPS) is 16.9. The van der Waals surface area contributed by atoms with E-state index in [0.717, 1.165) is 5.92 Å². The maximum atomic E-state index is 3.68. The van der Waals surface area contributed by atoms with E-state index in [1.165, 1.54) is 19.3 Å². The molecule has 0 N–H and O–H groups in total. The Balaban J connectivity index is 3.24. The van der Waals surface area contributed by atoms with Crippen molar-refractivity contribution in [2.45, 2.75) is 49.7 Å². The summed E-state index contributed by atoms with van der Waals surface area (Å²) in [6.45, 7) is 6.73. The van der Waals surface area contributed by atoms with Gasteiger partial charge in [0.25, 0.3) is 0 Å². The molecule has 0 nitrogen and oxygen atoms in total. The summed E-state index contributed by atoms with van der Waals surface area (Å²) in [7, 11) is 0. The van der Waals surface area contributed by atoms with Crippen molar-refractivity contribution >= 4 is 31.9 Å². The van der Waals surface area contributed by atoms with Crippen LogP contribution in [0.15, 0.2) is 0 Å². The molecule has 0 spiro atoms. The fraction of sp³-hybridized carbons (Fsp3) is 1.00. The van der Waals surface area contributed by atoms with Crippen molar-refractivity contribution in [1.82, 2.24) is 0 Å². The molecule has 2 atom stereocenters. The average Bonchev–Trinajstić information content (AvgIpc) is 1.86. The first-order chi connectivity index (χ1) is 5.04. The second kappa shape index (κ2) is 6.47. The summed E-state index contributed by atoms with van der Waals surface area (Å²) < 4.78 is 0. The lowest BCUT2D eigenvalue weighted by Crippen LogP contribution is -2.07. The monoisotopic (exact) mass is 284 g/mol. The third kappa shape index (κ3) is 7.32. The van der Waals surface area contributed by atoms with E-state index in [-0.39, 0.29) is 0 Å². The molecule has 0 fully saturated rings. The van der Waals surface area contributed by atoms with E-state index in [9.17, 15) is 0 Å². The van der Waals surface area contributed by atoms with Gasteiger partial charge in [-0.2, -0.15) is 0 Å². The highest BCUT2D eigenvalue weighted by Gasteiger charge is 2.08. The van der Waals surface area contributed by atoms with Gasteiger partial charge >= 0.3 is 0 Å². The van der Waals surface area contributed by atoms with Crippen LogP contribution in [0.3, 0.4) is 0 Å². The maximum absolute atomic E-state index is 3.68. The van der Waals surface area contributed by atoms with Crippen LogP contribution >= 0.6 is 31.9 Å². The van der Waals surface area contributed by atoms with Gasteiger partial charge in [-0.05, 0) is 18.8 Å². The van der Waals surface area contributed by atoms with Crippen LogP contribution < -0.4 is 0 Å². The third-order valence-electron chi connectivity index (χ3n) is 1.81. The molecule has 0 aliphatic heterocycles. The fourth-order valence-electron chi connectivity index (χ4n) is 0.927. The number of hydrogen-bond donors (Lipinski definition) is 0. The van der Waals surface area contributed by atoms with E-state index >= 15 is 0 Å². The largest absolute Gasteiger partial charge is 0.0894 e. The second-order valence-corrected chi connectivity index (χ2v) is 6.21. The maximum Gasteiger partial charge on any atom is 0.0168 e. The van der Waals surface area contributed by atoms with E-state index in [1.54, 1.807) is 0 Å². The lowest BCUT2D eigenvalue weighted by molar-refractivity contribution is 0.551. The predicted octanol–water partition coefficient (Wildman–Crippen LogP) is 4.36. The molecule has 0 aromatic heterocycles. The molecule has 0 aliphatic rings. The summed E-state index contributed by atoms with van der Waals surface area (Å²) in [5.41, 5.74) is 0. The highest BCUT2D eigenvalue weighted by molar-refractivity contribution is 9.09. The Labute approximate surface area is 87.4 Å². The molecule has 0 saturated heterocycles. The molecule has 2 unspecified atom stereocenters. The highest BCUT2D eigenvalue weighted by atomic mass is 79.9. The number of halogens is 2. The van der Waals surface area contributed by atoms with E-state index < -0.39 is 0 Å². The first kappa shape index (κ1) is 12.0. The number of alkyl halides is 2. The Morgan fingerprint density at radius 2 is 1.55 bits per heavy atom. The van der Waals surface area contributed by atoms with Crippen LogP contribution in [-0.4, -0.2) is 9.65 Å². The van der Waals surface area contributed by atoms with Gasteiger partial charge in [0, 0.05) is 9.65 Å². The van der Waals surface area contributed by atoms with Crippen LogP contribution in [0.5, 0.6) is 0 Å². The minimum absolute atomic E-state index is 0.675. The van der Waals surface area contributed by atoms with Gasteiger partial charge in [-0.25, -0.2) is 0 Å². The van der Waals surface area contributed by atoms with Gasteiger partial charge in [0.1, 0.15) is 0 Å². The molecule has 0 heterocycles. The van der Waals surface area contributed by atoms with Crippen molar-refractivity contribution < 1.29 is 0 Å². The topological polar surface area (TPSA) is 0 Å². The van der Waals surface area contributed by atoms with E-state index in [4.69, 9.17) is 0 Å². The van der Waals surface area contributed by atoms with E-state index in [1.807, 2.05) is 0 Å². The molecule has 68 valence electrons. The van der Waals surface area contributed by atoms with Crippen molar-refractivity contribution in [3.63, 3.8) is 0 Å². The fourth-order valence-corrected chi connectivity index (χ4v) is 1.57. The molecule has 2 heteroatoms. The molecule has 0 saturated carbocycles. The van der Waals surface area contributed by atoms with Crippen molar-refractivity contribution in [2.75, 3.05) is 0 Å². The summed E-state index contributed by atoms with van der Waals surface area (Å²) in [4.78, 5) is 1.38. The zero-order valence-corrected chi connectivity index (χ0v) is 10.8. The smallest absolute Gasteiger partial charge is 0.0168 e. The summed E-state index contributed by atoms with van der Waals surface area (Å²) in [5.74, 6) is 0.764. The van der Waals surface area contributed by atoms with Crippen molar-refractivity contribution in [3.8, 4) is 0 Å². The first-order valence-corrected chi connectivity index (χ1v) is 6.15. The van der Waals surface area contributed by atoms with Crippen molar-refractivity contribution in [3.05, 3.63) is 0 Å². The Bertz CT molecular complexity index is 89.6. The molecule has 11 heavy (non-hydrogen) atoms. The highest BCUT2D eigenvalue weighted by Crippen LogP contribution is 2.20. The lowest BCUT2D eigenvalue weighted by Gasteiger charge is -2.13. The van der Waals surface area contributed by atoms with Gasteiger partial charge in [0.05, 0.1) is 0 Å². The zero-order chi connectivity index (χ0) is 8.85. The molecule has 0 radical (unpaired) electrons. The third-order valence-corrected chi connectivity index (χ3v) is 3.78. The van der Waals surface area contributed by atoms with Gasteiger partial charge in [-0.1, -0.05) is 59.1 Å². The van der Waals surface area contributed by atoms with Crippen molar-refractivity contribution in [1.29, 1.82) is 0 Å². The molecule has 0 aromatic carbocycles. The standard InChI is InChI=1S/C9H18Br2/c1-7(2)9(11)6-4-5-8(3)10/h7-9H,4-6H2,1-3H3. The van der Waals surface area contributed by atoms with Crippen LogP contribution in [0.4, 0.5) is 0 Å². The van der Waals surface area contributed by atoms with Gasteiger partial charge in [-0.15, -0.1) is 0 Å². The average molecular weight is 286 g/mol. The molecule has 0 aliphatic carbocycles. The Hall–Kier alpha value is 0.960. The van der Waals surface area contributed by atoms with Crippen LogP contribution in [0.1, 0.15) is 40.0 Å². The summed E-state index contributed by atoms with van der Waals surface area (Å²) >= 11 is 7.22. The van der Waals surface area contributed by atoms with E-state index in [0.29, 0.717) is 9.65 Å². The Morgan fingerprint density at radius 3 is 1.91 bits per heavy atom. The predicted molar refractivity (Wildman–Crippen MR) is 59.8 cm³/mol. The molecular weight excluding hydrogens is 268 g/mol. The summed E-state index contributed by atoms with van der Waals surface area (Å²) in [6, 6.07) is 0. The lowest BCUT2D eigenvalue weighted by atomic mass is 10.0. The Kier molecular flexibility index (Phi) is 7.04. The molecular formula is C9H18Br2. The molecule has 0 aromatic rings. The minimum Gasteiger partial charge on any atom is -0.0894 e. The second-order valence-electron chi connectivity index (χ2n) is 3.47. The van der Waals surface area contributed by atoms with Gasteiger partial charge < -0.3 is 0 Å². The summed E-state index contributed by atoms with van der Waals surface area (Å²) in [5, 5.41) is 0. The zero-order valence-electron chi connectivity index (χ0n) is 7.61. The quantitative estimate of drug-likeness (QED) is 0.659. The van der Waals surface area contributed by atoms with Crippen molar-refractivity contribution in [2.24, 2.45) is 5.92 Å². The number of hydrogen-bond acceptors (Lipinski definition) is 0. The molecule has 0 bridgehead atoms. The van der Waals surface area contributed by atoms with Gasteiger partial charge in [0.2, 0.25) is 0 Å². The van der Waals surface area contributed by atoms with Crippen LogP contribution in [0.2, 0.25) is 0 Å². The van der Waals surface area contributed by atoms with Crippen LogP contribution in [-0.2, 0) is 0 Å². The van der Waals surface area contributed by atoms with Crippen LogP contribution in [0.25, 0.3) is 0 Å². The minimum atomic E-state index is 0.675. The Morgan fingerprint density at radius 1 is 1.00 bits per heavy atom. The van der Waals surface area contributed by atoms with Crippen LogP contribution in [0, 0.1) is 5.92 Å². The van der Waals surface area contributed by atoms with E-state index in [2.05, 4.69) is 52.6 Å². The number of rotatable bonds is 5. The first-order valence-electron chi connectivity index (χ1n) is 4.32. The van der Waals surface area contributed by atoms with Gasteiger partial charge in [0.15, 0.2) is 0 Å². The molecule has 0 amide bonds.